The topological polar surface area (TPSA) is 88.1 Å². The lowest BCUT2D eigenvalue weighted by Gasteiger charge is -2.16. The van der Waals surface area contributed by atoms with Gasteiger partial charge in [-0.2, -0.15) is 5.10 Å². The molecule has 6 nitrogen and oxygen atoms in total. The van der Waals surface area contributed by atoms with Gasteiger partial charge in [-0.1, -0.05) is 74.0 Å². The first-order valence-electron chi connectivity index (χ1n) is 12.2. The second-order valence-corrected chi connectivity index (χ2v) is 8.90. The van der Waals surface area contributed by atoms with Crippen molar-refractivity contribution in [1.82, 2.24) is 15.2 Å². The van der Waals surface area contributed by atoms with Crippen LogP contribution in [0.15, 0.2) is 90.4 Å². The summed E-state index contributed by atoms with van der Waals surface area (Å²) < 4.78 is 19.3. The van der Waals surface area contributed by atoms with E-state index >= 15 is 0 Å². The van der Waals surface area contributed by atoms with Crippen molar-refractivity contribution in [2.24, 2.45) is 0 Å². The molecule has 1 aliphatic heterocycles. The highest BCUT2D eigenvalue weighted by molar-refractivity contribution is 5.89. The summed E-state index contributed by atoms with van der Waals surface area (Å²) in [5, 5.41) is 17.5. The Morgan fingerprint density at radius 2 is 1.86 bits per heavy atom. The Hall–Kier alpha value is -4.52. The maximum Gasteiger partial charge on any atom is 0.340 e. The molecule has 4 aromatic rings. The van der Waals surface area contributed by atoms with E-state index < -0.39 is 5.97 Å². The number of halogens is 1. The largest absolute Gasteiger partial charge is 0.504 e. The molecule has 1 unspecified atom stereocenters. The molecule has 0 amide bonds. The summed E-state index contributed by atoms with van der Waals surface area (Å²) in [5.41, 5.74) is 4.32. The number of unbranched alkanes of at least 4 members (excludes halogenated alkanes) is 1. The monoisotopic (exact) mass is 495 g/mol. The number of hydrogen-bond donors (Lipinski definition) is 2. The predicted octanol–water partition coefficient (Wildman–Crippen LogP) is 6.47. The average molecular weight is 496 g/mol. The van der Waals surface area contributed by atoms with Gasteiger partial charge in [-0.25, -0.2) is 14.2 Å². The minimum atomic E-state index is -0.598. The number of carbonyl (C=O) groups is 1. The van der Waals surface area contributed by atoms with Crippen LogP contribution in [-0.4, -0.2) is 26.3 Å². The number of nitrogens with one attached hydrogen (secondary N) is 1. The van der Waals surface area contributed by atoms with E-state index in [1.165, 1.54) is 12.1 Å². The van der Waals surface area contributed by atoms with Crippen molar-refractivity contribution in [2.75, 3.05) is 0 Å². The normalized spacial score (nSPS) is 15.0. The van der Waals surface area contributed by atoms with Crippen molar-refractivity contribution in [3.05, 3.63) is 125 Å². The lowest BCUT2D eigenvalue weighted by Crippen LogP contribution is -2.06. The fourth-order valence-electron chi connectivity index (χ4n) is 4.43. The molecule has 3 aromatic carbocycles. The Bertz CT molecular complexity index is 1490. The molecule has 1 aliphatic rings. The molecule has 37 heavy (non-hydrogen) atoms. The summed E-state index contributed by atoms with van der Waals surface area (Å²) in [7, 11) is 0. The van der Waals surface area contributed by atoms with Crippen LogP contribution in [0, 0.1) is 5.82 Å². The number of nitrogens with zero attached hydrogens (tertiary/aromatic N) is 2. The van der Waals surface area contributed by atoms with E-state index in [1.54, 1.807) is 12.1 Å². The number of aryl methyl sites for hydroxylation is 1. The Balaban J connectivity index is 1.50. The average Bonchev–Trinajstić information content (AvgIpc) is 3.49. The molecule has 0 saturated carbocycles. The van der Waals surface area contributed by atoms with Crippen molar-refractivity contribution >= 4 is 12.0 Å². The molecule has 1 aromatic heterocycles. The van der Waals surface area contributed by atoms with Crippen LogP contribution in [0.3, 0.4) is 0 Å². The van der Waals surface area contributed by atoms with Gasteiger partial charge in [-0.3, -0.25) is 5.10 Å². The van der Waals surface area contributed by atoms with Gasteiger partial charge in [-0.15, -0.1) is 0 Å². The first kappa shape index (κ1) is 24.2. The highest BCUT2D eigenvalue weighted by atomic mass is 19.1. The van der Waals surface area contributed by atoms with E-state index in [2.05, 4.69) is 17.1 Å². The standard InChI is InChI=1S/C30H26FN3O3/c1-2-3-11-27-32-30(34-33-27)29(22-8-6-9-23(31)16-22)20-14-12-19(13-15-20)24-10-5-4-7-21(24)17-26-25(35)18-28(36)37-26/h4-10,12-18,29,35H,2-3,11H2,1H3,(H,32,33,34)/b26-17-. The number of aliphatic hydroxyl groups is 1. The molecule has 2 heterocycles. The number of benzene rings is 3. The summed E-state index contributed by atoms with van der Waals surface area (Å²) in [4.78, 5) is 16.2. The van der Waals surface area contributed by atoms with E-state index in [-0.39, 0.29) is 23.3 Å². The Morgan fingerprint density at radius 3 is 2.59 bits per heavy atom. The molecule has 2 N–H and O–H groups in total. The first-order valence-corrected chi connectivity index (χ1v) is 12.2. The lowest BCUT2D eigenvalue weighted by molar-refractivity contribution is -0.132. The van der Waals surface area contributed by atoms with Crippen molar-refractivity contribution < 1.29 is 19.0 Å². The van der Waals surface area contributed by atoms with Gasteiger partial charge in [0.2, 0.25) is 0 Å². The zero-order chi connectivity index (χ0) is 25.8. The number of aliphatic hydroxyl groups excluding tert-OH is 1. The van der Waals surface area contributed by atoms with Crippen LogP contribution in [0.1, 0.15) is 54.0 Å². The van der Waals surface area contributed by atoms with Crippen LogP contribution in [-0.2, 0) is 16.0 Å². The van der Waals surface area contributed by atoms with E-state index in [0.29, 0.717) is 5.82 Å². The predicted molar refractivity (Wildman–Crippen MR) is 139 cm³/mol. The Kier molecular flexibility index (Phi) is 6.94. The molecule has 7 heteroatoms. The molecule has 0 aliphatic carbocycles. The van der Waals surface area contributed by atoms with Gasteiger partial charge in [0, 0.05) is 6.42 Å². The number of aromatic nitrogens is 3. The zero-order valence-corrected chi connectivity index (χ0v) is 20.3. The van der Waals surface area contributed by atoms with Gasteiger partial charge < -0.3 is 9.84 Å². The maximum absolute atomic E-state index is 14.2. The van der Waals surface area contributed by atoms with Gasteiger partial charge in [0.25, 0.3) is 0 Å². The second-order valence-electron chi connectivity index (χ2n) is 8.90. The summed E-state index contributed by atoms with van der Waals surface area (Å²) in [6, 6.07) is 22.1. The third kappa shape index (κ3) is 5.35. The lowest BCUT2D eigenvalue weighted by atomic mass is 9.89. The summed E-state index contributed by atoms with van der Waals surface area (Å²) in [6.45, 7) is 2.13. The minimum Gasteiger partial charge on any atom is -0.504 e. The van der Waals surface area contributed by atoms with Crippen LogP contribution in [0.2, 0.25) is 0 Å². The zero-order valence-electron chi connectivity index (χ0n) is 20.3. The molecule has 0 spiro atoms. The smallest absolute Gasteiger partial charge is 0.340 e. The van der Waals surface area contributed by atoms with Gasteiger partial charge >= 0.3 is 5.97 Å². The number of carbonyl (C=O) groups excluding carboxylic acids is 1. The first-order chi connectivity index (χ1) is 18.0. The molecule has 1 atom stereocenters. The second kappa shape index (κ2) is 10.6. The van der Waals surface area contributed by atoms with Gasteiger partial charge in [0.1, 0.15) is 11.6 Å². The van der Waals surface area contributed by atoms with Crippen LogP contribution < -0.4 is 0 Å². The quantitative estimate of drug-likeness (QED) is 0.273. The summed E-state index contributed by atoms with van der Waals surface area (Å²) >= 11 is 0. The molecule has 0 saturated heterocycles. The maximum atomic E-state index is 14.2. The van der Waals surface area contributed by atoms with Crippen LogP contribution in [0.25, 0.3) is 17.2 Å². The Morgan fingerprint density at radius 1 is 1.05 bits per heavy atom. The number of hydrogen-bond acceptors (Lipinski definition) is 5. The van der Waals surface area contributed by atoms with Crippen molar-refractivity contribution in [1.29, 1.82) is 0 Å². The van der Waals surface area contributed by atoms with Crippen LogP contribution in [0.5, 0.6) is 0 Å². The van der Waals surface area contributed by atoms with Gasteiger partial charge in [0.05, 0.1) is 12.0 Å². The fourth-order valence-corrected chi connectivity index (χ4v) is 4.43. The SMILES string of the molecule is CCCCc1nc(C(c2ccc(-c3ccccc3/C=C3\OC(=O)C=C3O)cc2)c2cccc(F)c2)n[nH]1. The Labute approximate surface area is 214 Å². The molecule has 5 rings (SSSR count). The number of esters is 1. The number of cyclic esters (lactones) is 1. The van der Waals surface area contributed by atoms with E-state index in [9.17, 15) is 14.3 Å². The summed E-state index contributed by atoms with van der Waals surface area (Å²) in [6.07, 6.45) is 5.57. The molecule has 186 valence electrons. The summed E-state index contributed by atoms with van der Waals surface area (Å²) in [5.74, 6) is 0.0866. The van der Waals surface area contributed by atoms with E-state index in [1.807, 2.05) is 54.6 Å². The molecule has 0 bridgehead atoms. The third-order valence-electron chi connectivity index (χ3n) is 6.28. The highest BCUT2D eigenvalue weighted by Crippen LogP contribution is 2.33. The van der Waals surface area contributed by atoms with Crippen LogP contribution >= 0.6 is 0 Å². The van der Waals surface area contributed by atoms with Crippen LogP contribution in [0.4, 0.5) is 4.39 Å². The molecular weight excluding hydrogens is 469 g/mol. The third-order valence-corrected chi connectivity index (χ3v) is 6.28. The minimum absolute atomic E-state index is 0.115. The van der Waals surface area contributed by atoms with E-state index in [4.69, 9.17) is 9.72 Å². The van der Waals surface area contributed by atoms with E-state index in [0.717, 1.165) is 59.0 Å². The van der Waals surface area contributed by atoms with Crippen molar-refractivity contribution in [2.45, 2.75) is 32.1 Å². The van der Waals surface area contributed by atoms with Gasteiger partial charge in [0.15, 0.2) is 17.3 Å². The fraction of sp³-hybridized carbons (Fsp3) is 0.167. The number of rotatable bonds is 8. The van der Waals surface area contributed by atoms with Gasteiger partial charge in [-0.05, 0) is 52.4 Å². The number of aromatic amines is 1. The molecule has 0 fully saturated rings. The highest BCUT2D eigenvalue weighted by Gasteiger charge is 2.23. The number of ether oxygens (including phenoxy) is 1. The molecular formula is C30H26FN3O3. The molecule has 0 radical (unpaired) electrons. The van der Waals surface area contributed by atoms with Crippen molar-refractivity contribution in [3.8, 4) is 11.1 Å². The van der Waals surface area contributed by atoms with Crippen molar-refractivity contribution in [3.63, 3.8) is 0 Å². The number of H-pyrrole nitrogens is 1.